The molecular weight excluding hydrogens is 318 g/mol. The Balaban J connectivity index is 1.75. The molecule has 3 rings (SSSR count). The maximum Gasteiger partial charge on any atom is 0.249 e. The Hall–Kier alpha value is -2.18. The first-order valence-electron chi connectivity index (χ1n) is 9.07. The lowest BCUT2D eigenvalue weighted by Gasteiger charge is -2.33. The number of hydrogen-bond acceptors (Lipinski definition) is 5. The van der Waals surface area contributed by atoms with Crippen LogP contribution in [0.2, 0.25) is 0 Å². The van der Waals surface area contributed by atoms with Gasteiger partial charge in [-0.05, 0) is 45.1 Å². The van der Waals surface area contributed by atoms with E-state index in [1.807, 2.05) is 24.8 Å². The quantitative estimate of drug-likeness (QED) is 0.833. The molecule has 0 unspecified atom stereocenters. The Bertz CT molecular complexity index is 734. The highest BCUT2D eigenvalue weighted by Crippen LogP contribution is 2.30. The van der Waals surface area contributed by atoms with E-state index in [0.29, 0.717) is 11.8 Å². The van der Waals surface area contributed by atoms with E-state index >= 15 is 0 Å². The summed E-state index contributed by atoms with van der Waals surface area (Å²) in [4.78, 5) is 19.3. The second kappa shape index (κ2) is 7.37. The van der Waals surface area contributed by atoms with Crippen molar-refractivity contribution in [1.82, 2.24) is 24.8 Å². The highest BCUT2D eigenvalue weighted by Gasteiger charge is 2.32. The zero-order chi connectivity index (χ0) is 18.0. The molecule has 0 N–H and O–H groups in total. The molecule has 1 aliphatic rings. The molecule has 0 saturated carbocycles. The number of amides is 1. The Labute approximate surface area is 148 Å². The molecule has 0 aliphatic carbocycles. The van der Waals surface area contributed by atoms with Crippen LogP contribution in [-0.2, 0) is 17.8 Å². The van der Waals surface area contributed by atoms with Gasteiger partial charge < -0.3 is 9.42 Å². The van der Waals surface area contributed by atoms with Crippen molar-refractivity contribution in [2.24, 2.45) is 5.92 Å². The average Bonchev–Trinajstić information content (AvgIpc) is 3.13. The van der Waals surface area contributed by atoms with Crippen LogP contribution in [0, 0.1) is 19.8 Å². The lowest BCUT2D eigenvalue weighted by atomic mass is 10.0. The number of carbonyl (C=O) groups is 1. The van der Waals surface area contributed by atoms with E-state index in [1.165, 1.54) is 0 Å². The SMILES string of the molecule is Cc1cc(C)n(CC(=O)N2CCCC[C@@H]2c2nc(CC(C)C)no2)n1. The van der Waals surface area contributed by atoms with E-state index in [9.17, 15) is 4.79 Å². The average molecular weight is 345 g/mol. The van der Waals surface area contributed by atoms with Gasteiger partial charge in [0.15, 0.2) is 5.82 Å². The van der Waals surface area contributed by atoms with Crippen LogP contribution in [0.25, 0.3) is 0 Å². The van der Waals surface area contributed by atoms with E-state index in [2.05, 4.69) is 29.1 Å². The molecule has 0 radical (unpaired) electrons. The van der Waals surface area contributed by atoms with Crippen LogP contribution in [0.15, 0.2) is 10.6 Å². The van der Waals surface area contributed by atoms with Gasteiger partial charge in [0.25, 0.3) is 0 Å². The van der Waals surface area contributed by atoms with E-state index in [4.69, 9.17) is 4.52 Å². The monoisotopic (exact) mass is 345 g/mol. The largest absolute Gasteiger partial charge is 0.337 e. The van der Waals surface area contributed by atoms with Crippen LogP contribution in [0.4, 0.5) is 0 Å². The highest BCUT2D eigenvalue weighted by molar-refractivity contribution is 5.76. The third-order valence-corrected chi connectivity index (χ3v) is 4.57. The van der Waals surface area contributed by atoms with Gasteiger partial charge in [-0.25, -0.2) is 0 Å². The summed E-state index contributed by atoms with van der Waals surface area (Å²) in [6, 6.07) is 1.86. The minimum atomic E-state index is -0.119. The molecule has 1 aliphatic heterocycles. The van der Waals surface area contributed by atoms with Crippen molar-refractivity contribution in [3.63, 3.8) is 0 Å². The summed E-state index contributed by atoms with van der Waals surface area (Å²) in [6.45, 7) is 9.14. The smallest absolute Gasteiger partial charge is 0.249 e. The summed E-state index contributed by atoms with van der Waals surface area (Å²) < 4.78 is 7.25. The van der Waals surface area contributed by atoms with E-state index in [-0.39, 0.29) is 18.5 Å². The van der Waals surface area contributed by atoms with Crippen molar-refractivity contribution in [2.45, 2.75) is 66.0 Å². The van der Waals surface area contributed by atoms with E-state index < -0.39 is 0 Å². The van der Waals surface area contributed by atoms with Crippen molar-refractivity contribution >= 4 is 5.91 Å². The summed E-state index contributed by atoms with van der Waals surface area (Å²) in [5, 5.41) is 8.48. The van der Waals surface area contributed by atoms with E-state index in [1.54, 1.807) is 4.68 Å². The normalized spacial score (nSPS) is 18.1. The number of piperidine rings is 1. The predicted octanol–water partition coefficient (Wildman–Crippen LogP) is 2.84. The lowest BCUT2D eigenvalue weighted by molar-refractivity contribution is -0.136. The summed E-state index contributed by atoms with van der Waals surface area (Å²) >= 11 is 0. The molecule has 3 heterocycles. The predicted molar refractivity (Wildman–Crippen MR) is 92.8 cm³/mol. The van der Waals surface area contributed by atoms with Crippen molar-refractivity contribution in [2.75, 3.05) is 6.54 Å². The third-order valence-electron chi connectivity index (χ3n) is 4.57. The fourth-order valence-corrected chi connectivity index (χ4v) is 3.39. The maximum absolute atomic E-state index is 12.9. The molecule has 7 heteroatoms. The van der Waals surface area contributed by atoms with E-state index in [0.717, 1.165) is 49.4 Å². The number of carbonyl (C=O) groups excluding carboxylic acids is 1. The van der Waals surface area contributed by atoms with Gasteiger partial charge in [-0.1, -0.05) is 19.0 Å². The molecule has 2 aromatic rings. The van der Waals surface area contributed by atoms with Gasteiger partial charge in [0.2, 0.25) is 11.8 Å². The first-order valence-corrected chi connectivity index (χ1v) is 9.07. The zero-order valence-corrected chi connectivity index (χ0v) is 15.5. The van der Waals surface area contributed by atoms with Gasteiger partial charge >= 0.3 is 0 Å². The Morgan fingerprint density at radius 2 is 2.16 bits per heavy atom. The molecule has 1 fully saturated rings. The summed E-state index contributed by atoms with van der Waals surface area (Å²) in [5.41, 5.74) is 1.92. The molecule has 136 valence electrons. The first kappa shape index (κ1) is 17.6. The zero-order valence-electron chi connectivity index (χ0n) is 15.5. The Morgan fingerprint density at radius 1 is 1.36 bits per heavy atom. The van der Waals surface area contributed by atoms with Crippen LogP contribution in [0.1, 0.15) is 62.3 Å². The van der Waals surface area contributed by atoms with Crippen LogP contribution in [0.3, 0.4) is 0 Å². The number of rotatable bonds is 5. The van der Waals surface area contributed by atoms with Crippen molar-refractivity contribution in [1.29, 1.82) is 0 Å². The second-order valence-electron chi connectivity index (χ2n) is 7.33. The maximum atomic E-state index is 12.9. The van der Waals surface area contributed by atoms with Crippen molar-refractivity contribution in [3.05, 3.63) is 29.2 Å². The van der Waals surface area contributed by atoms with Crippen molar-refractivity contribution in [3.8, 4) is 0 Å². The molecular formula is C18H27N5O2. The van der Waals surface area contributed by atoms with Gasteiger partial charge in [-0.2, -0.15) is 10.1 Å². The minimum Gasteiger partial charge on any atom is -0.337 e. The van der Waals surface area contributed by atoms with Crippen LogP contribution >= 0.6 is 0 Å². The highest BCUT2D eigenvalue weighted by atomic mass is 16.5. The molecule has 25 heavy (non-hydrogen) atoms. The van der Waals surface area contributed by atoms with Crippen LogP contribution in [-0.4, -0.2) is 37.3 Å². The summed E-state index contributed by atoms with van der Waals surface area (Å²) in [7, 11) is 0. The Kier molecular flexibility index (Phi) is 5.20. The molecule has 1 amide bonds. The number of aromatic nitrogens is 4. The number of nitrogens with zero attached hydrogens (tertiary/aromatic N) is 5. The van der Waals surface area contributed by atoms with Gasteiger partial charge in [0, 0.05) is 18.7 Å². The Morgan fingerprint density at radius 3 is 2.84 bits per heavy atom. The number of hydrogen-bond donors (Lipinski definition) is 0. The molecule has 0 aromatic carbocycles. The standard InChI is InChI=1S/C18H27N5O2/c1-12(2)9-16-19-18(25-21-16)15-7-5-6-8-22(15)17(24)11-23-14(4)10-13(3)20-23/h10,12,15H,5-9,11H2,1-4H3/t15-/m1/s1. The van der Waals surface area contributed by atoms with Gasteiger partial charge in [0.1, 0.15) is 12.6 Å². The lowest BCUT2D eigenvalue weighted by Crippen LogP contribution is -2.40. The van der Waals surface area contributed by atoms with Gasteiger partial charge in [-0.3, -0.25) is 9.48 Å². The molecule has 0 spiro atoms. The van der Waals surface area contributed by atoms with Gasteiger partial charge in [0.05, 0.1) is 5.69 Å². The van der Waals surface area contributed by atoms with Gasteiger partial charge in [-0.15, -0.1) is 0 Å². The summed E-state index contributed by atoms with van der Waals surface area (Å²) in [6.07, 6.45) is 3.73. The fraction of sp³-hybridized carbons (Fsp3) is 0.667. The first-order chi connectivity index (χ1) is 11.9. The molecule has 0 bridgehead atoms. The number of aryl methyl sites for hydroxylation is 2. The molecule has 1 atom stereocenters. The molecule has 1 saturated heterocycles. The van der Waals surface area contributed by atoms with Crippen molar-refractivity contribution < 1.29 is 9.32 Å². The topological polar surface area (TPSA) is 77.0 Å². The second-order valence-corrected chi connectivity index (χ2v) is 7.33. The summed E-state index contributed by atoms with van der Waals surface area (Å²) in [5.74, 6) is 1.82. The van der Waals surface area contributed by atoms with Crippen LogP contribution < -0.4 is 0 Å². The molecule has 2 aromatic heterocycles. The van der Waals surface area contributed by atoms with Crippen LogP contribution in [0.5, 0.6) is 0 Å². The molecule has 7 nitrogen and oxygen atoms in total. The fourth-order valence-electron chi connectivity index (χ4n) is 3.39. The minimum absolute atomic E-state index is 0.0551. The number of likely N-dealkylation sites (tertiary alicyclic amines) is 1. The third kappa shape index (κ3) is 4.08.